The Balaban J connectivity index is 1.49. The number of carbonyl (C=O) groups is 1. The van der Waals surface area contributed by atoms with E-state index in [1.165, 1.54) is 23.1 Å². The second-order valence-electron chi connectivity index (χ2n) is 7.07. The summed E-state index contributed by atoms with van der Waals surface area (Å²) in [5.41, 5.74) is 0.903. The number of alkyl halides is 3. The van der Waals surface area contributed by atoms with E-state index >= 15 is 0 Å². The number of benzene rings is 2. The number of carbonyl (C=O) groups excluding carboxylic acids is 1. The maximum Gasteiger partial charge on any atom is 0.417 e. The molecule has 1 saturated heterocycles. The summed E-state index contributed by atoms with van der Waals surface area (Å²) >= 11 is 6.03. The molecule has 2 heterocycles. The van der Waals surface area contributed by atoms with Crippen LogP contribution in [0, 0.1) is 0 Å². The van der Waals surface area contributed by atoms with Crippen LogP contribution >= 0.6 is 11.6 Å². The van der Waals surface area contributed by atoms with Crippen molar-refractivity contribution in [2.45, 2.75) is 24.9 Å². The molecular weight excluding hydrogens is 389 g/mol. The molecule has 28 heavy (non-hydrogen) atoms. The van der Waals surface area contributed by atoms with Crippen LogP contribution in [0.15, 0.2) is 48.5 Å². The molecule has 0 unspecified atom stereocenters. The number of amides is 1. The van der Waals surface area contributed by atoms with Gasteiger partial charge in [0.25, 0.3) is 5.91 Å². The molecule has 0 bridgehead atoms. The van der Waals surface area contributed by atoms with Gasteiger partial charge in [-0.15, -0.1) is 0 Å². The van der Waals surface area contributed by atoms with Crippen LogP contribution in [0.25, 0.3) is 10.9 Å². The van der Waals surface area contributed by atoms with Crippen molar-refractivity contribution in [3.63, 3.8) is 0 Å². The number of rotatable bonds is 2. The topological polar surface area (TPSA) is 36.1 Å². The van der Waals surface area contributed by atoms with Crippen LogP contribution < -0.4 is 0 Å². The summed E-state index contributed by atoms with van der Waals surface area (Å²) in [6.07, 6.45) is -3.16. The Hall–Kier alpha value is -2.47. The number of nitrogens with one attached hydrogen (secondary N) is 1. The minimum Gasteiger partial charge on any atom is -0.358 e. The molecular formula is C21H18ClF3N2O. The van der Waals surface area contributed by atoms with Crippen molar-refractivity contribution in [1.29, 1.82) is 0 Å². The van der Waals surface area contributed by atoms with E-state index in [0.717, 1.165) is 22.7 Å². The first-order valence-corrected chi connectivity index (χ1v) is 9.44. The monoisotopic (exact) mass is 406 g/mol. The minimum absolute atomic E-state index is 0.230. The lowest BCUT2D eigenvalue weighted by molar-refractivity contribution is -0.138. The van der Waals surface area contributed by atoms with E-state index in [0.29, 0.717) is 31.0 Å². The lowest BCUT2D eigenvalue weighted by Gasteiger charge is -2.32. The maximum atomic E-state index is 13.2. The molecule has 0 atom stereocenters. The largest absolute Gasteiger partial charge is 0.417 e. The molecule has 3 nitrogen and oxygen atoms in total. The number of hydrogen-bond donors (Lipinski definition) is 1. The number of aromatic amines is 1. The van der Waals surface area contributed by atoms with Crippen LogP contribution in [0.4, 0.5) is 13.2 Å². The van der Waals surface area contributed by atoms with Crippen molar-refractivity contribution >= 4 is 28.4 Å². The van der Waals surface area contributed by atoms with E-state index < -0.39 is 17.6 Å². The van der Waals surface area contributed by atoms with Crippen LogP contribution in [-0.2, 0) is 6.18 Å². The van der Waals surface area contributed by atoms with Gasteiger partial charge in [-0.2, -0.15) is 13.2 Å². The molecule has 0 spiro atoms. The molecule has 1 fully saturated rings. The van der Waals surface area contributed by atoms with Gasteiger partial charge in [-0.05, 0) is 49.2 Å². The van der Waals surface area contributed by atoms with E-state index in [4.69, 9.17) is 11.6 Å². The molecule has 1 aliphatic heterocycles. The highest BCUT2D eigenvalue weighted by molar-refractivity contribution is 6.31. The van der Waals surface area contributed by atoms with E-state index in [9.17, 15) is 18.0 Å². The van der Waals surface area contributed by atoms with Gasteiger partial charge in [0.2, 0.25) is 0 Å². The summed E-state index contributed by atoms with van der Waals surface area (Å²) in [5, 5.41) is 1.70. The number of nitrogens with zero attached hydrogens (tertiary/aromatic N) is 1. The average molecular weight is 407 g/mol. The first-order chi connectivity index (χ1) is 13.3. The smallest absolute Gasteiger partial charge is 0.358 e. The van der Waals surface area contributed by atoms with Crippen molar-refractivity contribution in [3.05, 3.63) is 70.4 Å². The zero-order chi connectivity index (χ0) is 19.9. The minimum atomic E-state index is -4.55. The van der Waals surface area contributed by atoms with Gasteiger partial charge in [-0.25, -0.2) is 0 Å². The molecule has 0 saturated carbocycles. The van der Waals surface area contributed by atoms with Crippen LogP contribution in [0.1, 0.15) is 40.4 Å². The Kier molecular flexibility index (Phi) is 4.83. The summed E-state index contributed by atoms with van der Waals surface area (Å²) in [6, 6.07) is 12.7. The first kappa shape index (κ1) is 18.9. The normalized spacial score (nSPS) is 15.9. The van der Waals surface area contributed by atoms with Gasteiger partial charge >= 0.3 is 6.18 Å². The van der Waals surface area contributed by atoms with Crippen molar-refractivity contribution in [3.8, 4) is 0 Å². The summed E-state index contributed by atoms with van der Waals surface area (Å²) in [4.78, 5) is 17.6. The SMILES string of the molecule is O=C(c1ccccc1C(F)(F)F)N1CCC(c2cc3cc(Cl)ccc3[nH]2)CC1. The van der Waals surface area contributed by atoms with Crippen LogP contribution in [0.2, 0.25) is 5.02 Å². The average Bonchev–Trinajstić information content (AvgIpc) is 3.10. The molecule has 1 aliphatic rings. The third-order valence-corrected chi connectivity index (χ3v) is 5.52. The zero-order valence-corrected chi connectivity index (χ0v) is 15.6. The summed E-state index contributed by atoms with van der Waals surface area (Å²) in [6.45, 7) is 0.845. The van der Waals surface area contributed by atoms with Crippen molar-refractivity contribution in [1.82, 2.24) is 9.88 Å². The number of fused-ring (bicyclic) bond motifs is 1. The quantitative estimate of drug-likeness (QED) is 0.568. The number of hydrogen-bond acceptors (Lipinski definition) is 1. The van der Waals surface area contributed by atoms with Crippen LogP contribution in [0.3, 0.4) is 0 Å². The van der Waals surface area contributed by atoms with Gasteiger partial charge in [0.05, 0.1) is 11.1 Å². The van der Waals surface area contributed by atoms with E-state index in [2.05, 4.69) is 11.1 Å². The van der Waals surface area contributed by atoms with E-state index in [-0.39, 0.29) is 11.5 Å². The molecule has 1 aromatic heterocycles. The number of likely N-dealkylation sites (tertiary alicyclic amines) is 1. The molecule has 3 aromatic rings. The maximum absolute atomic E-state index is 13.2. The number of aromatic nitrogens is 1. The Morgan fingerprint density at radius 2 is 1.79 bits per heavy atom. The number of H-pyrrole nitrogens is 1. The third-order valence-electron chi connectivity index (χ3n) is 5.29. The fraction of sp³-hybridized carbons (Fsp3) is 0.286. The molecule has 4 rings (SSSR count). The Morgan fingerprint density at radius 3 is 2.50 bits per heavy atom. The highest BCUT2D eigenvalue weighted by atomic mass is 35.5. The van der Waals surface area contributed by atoms with Gasteiger partial charge in [-0.3, -0.25) is 4.79 Å². The first-order valence-electron chi connectivity index (χ1n) is 9.06. The third kappa shape index (κ3) is 3.61. The second-order valence-corrected chi connectivity index (χ2v) is 7.50. The van der Waals surface area contributed by atoms with E-state index in [1.54, 1.807) is 0 Å². The highest BCUT2D eigenvalue weighted by Gasteiger charge is 2.36. The molecule has 0 aliphatic carbocycles. The molecule has 1 N–H and O–H groups in total. The molecule has 146 valence electrons. The molecule has 1 amide bonds. The summed E-state index contributed by atoms with van der Waals surface area (Å²) in [5.74, 6) is -0.331. The number of halogens is 4. The summed E-state index contributed by atoms with van der Waals surface area (Å²) in [7, 11) is 0. The standard InChI is InChI=1S/C21H18ClF3N2O/c22-15-5-6-18-14(11-15)12-19(26-18)13-7-9-27(10-8-13)20(28)16-3-1-2-4-17(16)21(23,24)25/h1-6,11-13,26H,7-10H2. The van der Waals surface area contributed by atoms with Gasteiger partial charge in [0.1, 0.15) is 0 Å². The summed E-state index contributed by atoms with van der Waals surface area (Å²) < 4.78 is 39.6. The fourth-order valence-electron chi connectivity index (χ4n) is 3.83. The van der Waals surface area contributed by atoms with Crippen LogP contribution in [0.5, 0.6) is 0 Å². The van der Waals surface area contributed by atoms with Crippen molar-refractivity contribution in [2.75, 3.05) is 13.1 Å². The lowest BCUT2D eigenvalue weighted by atomic mass is 9.93. The Bertz CT molecular complexity index is 1020. The zero-order valence-electron chi connectivity index (χ0n) is 14.9. The van der Waals surface area contributed by atoms with E-state index in [1.807, 2.05) is 18.2 Å². The van der Waals surface area contributed by atoms with Crippen molar-refractivity contribution in [2.24, 2.45) is 0 Å². The van der Waals surface area contributed by atoms with Gasteiger partial charge in [-0.1, -0.05) is 23.7 Å². The Labute approximate surface area is 165 Å². The lowest BCUT2D eigenvalue weighted by Crippen LogP contribution is -2.38. The second kappa shape index (κ2) is 7.17. The van der Waals surface area contributed by atoms with Crippen molar-refractivity contribution < 1.29 is 18.0 Å². The van der Waals surface area contributed by atoms with Gasteiger partial charge < -0.3 is 9.88 Å². The Morgan fingerprint density at radius 1 is 1.07 bits per heavy atom. The number of piperidine rings is 1. The van der Waals surface area contributed by atoms with Gasteiger partial charge in [0, 0.05) is 40.6 Å². The molecule has 7 heteroatoms. The molecule has 0 radical (unpaired) electrons. The van der Waals surface area contributed by atoms with Gasteiger partial charge in [0.15, 0.2) is 0 Å². The van der Waals surface area contributed by atoms with Crippen LogP contribution in [-0.4, -0.2) is 28.9 Å². The predicted octanol–water partition coefficient (Wildman–Crippen LogP) is 5.86. The fourth-order valence-corrected chi connectivity index (χ4v) is 4.01. The predicted molar refractivity (Wildman–Crippen MR) is 103 cm³/mol. The molecule has 2 aromatic carbocycles. The highest BCUT2D eigenvalue weighted by Crippen LogP contribution is 2.34.